The van der Waals surface area contributed by atoms with Crippen LogP contribution in [0.3, 0.4) is 0 Å². The molecule has 1 aromatic heterocycles. The van der Waals surface area contributed by atoms with E-state index in [0.29, 0.717) is 5.56 Å². The normalized spacial score (nSPS) is 16.1. The summed E-state index contributed by atoms with van der Waals surface area (Å²) in [6.07, 6.45) is 1.70. The lowest BCUT2D eigenvalue weighted by Crippen LogP contribution is -2.43. The third-order valence-electron chi connectivity index (χ3n) is 4.35. The molecule has 5 nitrogen and oxygen atoms in total. The molecule has 1 N–H and O–H groups in total. The molecule has 24 heavy (non-hydrogen) atoms. The zero-order valence-electron chi connectivity index (χ0n) is 14.3. The first-order valence-electron chi connectivity index (χ1n) is 8.34. The lowest BCUT2D eigenvalue weighted by atomic mass is 10.1. The average molecular weight is 324 g/mol. The van der Waals surface area contributed by atoms with Crippen molar-refractivity contribution in [3.8, 4) is 0 Å². The summed E-state index contributed by atoms with van der Waals surface area (Å²) in [7, 11) is 2.16. The number of amides is 1. The topological polar surface area (TPSA) is 48.5 Å². The lowest BCUT2D eigenvalue weighted by Gasteiger charge is -2.32. The van der Waals surface area contributed by atoms with Crippen LogP contribution in [0, 0.1) is 6.92 Å². The Labute approximate surface area is 143 Å². The van der Waals surface area contributed by atoms with Crippen molar-refractivity contribution >= 4 is 11.6 Å². The van der Waals surface area contributed by atoms with Crippen LogP contribution in [-0.2, 0) is 6.54 Å². The summed E-state index contributed by atoms with van der Waals surface area (Å²) in [6, 6.07) is 11.6. The molecule has 2 heterocycles. The van der Waals surface area contributed by atoms with Crippen molar-refractivity contribution < 1.29 is 4.79 Å². The first kappa shape index (κ1) is 16.6. The number of anilines is 1. The van der Waals surface area contributed by atoms with Crippen LogP contribution >= 0.6 is 0 Å². The number of pyridine rings is 1. The molecule has 0 bridgehead atoms. The van der Waals surface area contributed by atoms with E-state index in [0.717, 1.165) is 44.1 Å². The predicted octanol–water partition coefficient (Wildman–Crippen LogP) is 2.39. The van der Waals surface area contributed by atoms with Crippen LogP contribution in [0.4, 0.5) is 5.69 Å². The van der Waals surface area contributed by atoms with Gasteiger partial charge in [-0.25, -0.2) is 0 Å². The number of rotatable bonds is 4. The van der Waals surface area contributed by atoms with E-state index in [1.165, 1.54) is 5.56 Å². The first-order valence-corrected chi connectivity index (χ1v) is 8.34. The van der Waals surface area contributed by atoms with Gasteiger partial charge < -0.3 is 10.2 Å². The summed E-state index contributed by atoms with van der Waals surface area (Å²) in [5.41, 5.74) is 3.53. The second-order valence-electron chi connectivity index (χ2n) is 6.42. The minimum atomic E-state index is -0.0826. The number of hydrogen-bond acceptors (Lipinski definition) is 4. The smallest absolute Gasteiger partial charge is 0.255 e. The summed E-state index contributed by atoms with van der Waals surface area (Å²) >= 11 is 0. The highest BCUT2D eigenvalue weighted by Crippen LogP contribution is 2.13. The number of hydrogen-bond donors (Lipinski definition) is 1. The minimum absolute atomic E-state index is 0.0826. The van der Waals surface area contributed by atoms with Crippen LogP contribution in [0.5, 0.6) is 0 Å². The fourth-order valence-electron chi connectivity index (χ4n) is 2.90. The summed E-state index contributed by atoms with van der Waals surface area (Å²) in [5.74, 6) is -0.0826. The average Bonchev–Trinajstić information content (AvgIpc) is 2.57. The van der Waals surface area contributed by atoms with Gasteiger partial charge >= 0.3 is 0 Å². The van der Waals surface area contributed by atoms with Gasteiger partial charge in [-0.15, -0.1) is 0 Å². The molecule has 1 aromatic carbocycles. The molecule has 0 aliphatic carbocycles. The van der Waals surface area contributed by atoms with Crippen LogP contribution < -0.4 is 5.32 Å². The van der Waals surface area contributed by atoms with E-state index in [9.17, 15) is 4.79 Å². The maximum absolute atomic E-state index is 12.5. The number of nitrogens with zero attached hydrogens (tertiary/aromatic N) is 3. The van der Waals surface area contributed by atoms with Crippen molar-refractivity contribution in [3.63, 3.8) is 0 Å². The Morgan fingerprint density at radius 3 is 2.71 bits per heavy atom. The molecule has 1 aliphatic rings. The molecule has 2 aromatic rings. The highest BCUT2D eigenvalue weighted by atomic mass is 16.1. The van der Waals surface area contributed by atoms with E-state index >= 15 is 0 Å². The van der Waals surface area contributed by atoms with Crippen molar-refractivity contribution in [1.82, 2.24) is 14.8 Å². The fraction of sp³-hybridized carbons (Fsp3) is 0.368. The fourth-order valence-corrected chi connectivity index (χ4v) is 2.90. The first-order chi connectivity index (χ1) is 11.6. The number of nitrogens with one attached hydrogen (secondary N) is 1. The predicted molar refractivity (Wildman–Crippen MR) is 96.1 cm³/mol. The zero-order chi connectivity index (χ0) is 16.9. The van der Waals surface area contributed by atoms with Gasteiger partial charge in [0.25, 0.3) is 5.91 Å². The van der Waals surface area contributed by atoms with Gasteiger partial charge in [0.1, 0.15) is 0 Å². The van der Waals surface area contributed by atoms with E-state index in [1.54, 1.807) is 12.3 Å². The Hall–Kier alpha value is -2.24. The number of piperazine rings is 1. The van der Waals surface area contributed by atoms with Crippen molar-refractivity contribution in [2.45, 2.75) is 13.5 Å². The summed E-state index contributed by atoms with van der Waals surface area (Å²) < 4.78 is 0. The van der Waals surface area contributed by atoms with E-state index < -0.39 is 0 Å². The molecule has 0 saturated carbocycles. The molecule has 1 amide bonds. The molecule has 5 heteroatoms. The van der Waals surface area contributed by atoms with Crippen LogP contribution in [0.25, 0.3) is 0 Å². The summed E-state index contributed by atoms with van der Waals surface area (Å²) in [4.78, 5) is 21.4. The highest BCUT2D eigenvalue weighted by molar-refractivity contribution is 6.04. The molecule has 0 radical (unpaired) electrons. The molecule has 0 spiro atoms. The quantitative estimate of drug-likeness (QED) is 0.938. The second-order valence-corrected chi connectivity index (χ2v) is 6.42. The van der Waals surface area contributed by atoms with Gasteiger partial charge in [0.15, 0.2) is 0 Å². The Bertz CT molecular complexity index is 708. The lowest BCUT2D eigenvalue weighted by molar-refractivity contribution is 0.102. The number of carbonyl (C=O) groups excluding carboxylic acids is 1. The van der Waals surface area contributed by atoms with Gasteiger partial charge in [-0.3, -0.25) is 14.7 Å². The van der Waals surface area contributed by atoms with E-state index in [2.05, 4.69) is 33.2 Å². The zero-order valence-corrected chi connectivity index (χ0v) is 14.3. The Balaban J connectivity index is 1.65. The molecular weight excluding hydrogens is 300 g/mol. The summed E-state index contributed by atoms with van der Waals surface area (Å²) in [6.45, 7) is 7.14. The number of aromatic nitrogens is 1. The number of likely N-dealkylation sites (N-methyl/N-ethyl adjacent to an activating group) is 1. The third-order valence-corrected chi connectivity index (χ3v) is 4.35. The van der Waals surface area contributed by atoms with Crippen molar-refractivity contribution in [1.29, 1.82) is 0 Å². The number of benzene rings is 1. The van der Waals surface area contributed by atoms with Crippen LogP contribution in [0.1, 0.15) is 21.6 Å². The van der Waals surface area contributed by atoms with Crippen LogP contribution in [0.2, 0.25) is 0 Å². The van der Waals surface area contributed by atoms with E-state index in [1.807, 2.05) is 31.2 Å². The van der Waals surface area contributed by atoms with Gasteiger partial charge in [0, 0.05) is 55.9 Å². The van der Waals surface area contributed by atoms with Gasteiger partial charge in [0.2, 0.25) is 0 Å². The van der Waals surface area contributed by atoms with Crippen LogP contribution in [0.15, 0.2) is 42.6 Å². The van der Waals surface area contributed by atoms with E-state index in [-0.39, 0.29) is 5.91 Å². The molecule has 1 fully saturated rings. The van der Waals surface area contributed by atoms with E-state index in [4.69, 9.17) is 0 Å². The Morgan fingerprint density at radius 1 is 1.17 bits per heavy atom. The maximum atomic E-state index is 12.5. The van der Waals surface area contributed by atoms with Gasteiger partial charge in [0.05, 0.1) is 0 Å². The largest absolute Gasteiger partial charge is 0.322 e. The Morgan fingerprint density at radius 2 is 1.96 bits per heavy atom. The highest BCUT2D eigenvalue weighted by Gasteiger charge is 2.14. The van der Waals surface area contributed by atoms with Crippen LogP contribution in [-0.4, -0.2) is 53.9 Å². The van der Waals surface area contributed by atoms with Crippen molar-refractivity contribution in [2.24, 2.45) is 0 Å². The molecule has 0 unspecified atom stereocenters. The minimum Gasteiger partial charge on any atom is -0.322 e. The van der Waals surface area contributed by atoms with Gasteiger partial charge in [-0.2, -0.15) is 0 Å². The standard InChI is InChI=1S/C19H24N4O/c1-15-12-18(6-7-20-15)21-19(24)17-5-3-4-16(13-17)14-23-10-8-22(2)9-11-23/h3-7,12-13H,8-11,14H2,1-2H3,(H,20,21,24). The number of carbonyl (C=O) groups is 1. The molecular formula is C19H24N4O. The maximum Gasteiger partial charge on any atom is 0.255 e. The molecule has 1 saturated heterocycles. The second kappa shape index (κ2) is 7.55. The SMILES string of the molecule is Cc1cc(NC(=O)c2cccc(CN3CCN(C)CC3)c2)ccn1. The summed E-state index contributed by atoms with van der Waals surface area (Å²) in [5, 5.41) is 2.94. The Kier molecular flexibility index (Phi) is 5.23. The molecule has 126 valence electrons. The molecule has 3 rings (SSSR count). The molecule has 1 aliphatic heterocycles. The third kappa shape index (κ3) is 4.40. The molecule has 0 atom stereocenters. The number of aryl methyl sites for hydroxylation is 1. The van der Waals surface area contributed by atoms with Gasteiger partial charge in [-0.1, -0.05) is 12.1 Å². The van der Waals surface area contributed by atoms with Crippen molar-refractivity contribution in [3.05, 3.63) is 59.4 Å². The van der Waals surface area contributed by atoms with Gasteiger partial charge in [-0.05, 0) is 43.8 Å². The van der Waals surface area contributed by atoms with Crippen molar-refractivity contribution in [2.75, 3.05) is 38.5 Å². The monoisotopic (exact) mass is 324 g/mol.